The molecular formula is C18H31N2O3P. The third-order valence-corrected chi connectivity index (χ3v) is 8.39. The highest BCUT2D eigenvalue weighted by Gasteiger charge is 2.49. The summed E-state index contributed by atoms with van der Waals surface area (Å²) in [6.45, 7) is 2.13. The molecule has 2 aliphatic rings. The average Bonchev–Trinajstić information content (AvgIpc) is 2.77. The van der Waals surface area contributed by atoms with Crippen LogP contribution in [0.15, 0.2) is 24.0 Å². The molecule has 0 bridgehead atoms. The molecule has 2 fully saturated rings. The largest absolute Gasteiger partial charge is 0.466 e. The van der Waals surface area contributed by atoms with E-state index >= 15 is 0 Å². The number of ether oxygens (including phenoxy) is 1. The van der Waals surface area contributed by atoms with E-state index in [0.29, 0.717) is 18.0 Å². The van der Waals surface area contributed by atoms with Crippen molar-refractivity contribution in [3.05, 3.63) is 24.0 Å². The van der Waals surface area contributed by atoms with Crippen LogP contribution < -0.4 is 0 Å². The van der Waals surface area contributed by atoms with Crippen molar-refractivity contribution in [2.75, 3.05) is 21.2 Å². The average molecular weight is 354 g/mol. The molecule has 136 valence electrons. The Labute approximate surface area is 146 Å². The van der Waals surface area contributed by atoms with Crippen LogP contribution in [0.25, 0.3) is 0 Å². The molecule has 24 heavy (non-hydrogen) atoms. The lowest BCUT2D eigenvalue weighted by Crippen LogP contribution is -2.37. The van der Waals surface area contributed by atoms with Gasteiger partial charge in [-0.1, -0.05) is 31.9 Å². The molecule has 5 nitrogen and oxygen atoms in total. The van der Waals surface area contributed by atoms with Gasteiger partial charge in [0, 0.05) is 24.0 Å². The van der Waals surface area contributed by atoms with E-state index in [-0.39, 0.29) is 5.97 Å². The normalized spacial score (nSPS) is 29.2. The highest BCUT2D eigenvalue weighted by atomic mass is 31.2. The van der Waals surface area contributed by atoms with Gasteiger partial charge in [0.2, 0.25) is 7.44 Å². The van der Waals surface area contributed by atoms with Crippen molar-refractivity contribution in [3.63, 3.8) is 0 Å². The molecule has 0 radical (unpaired) electrons. The van der Waals surface area contributed by atoms with E-state index in [4.69, 9.17) is 0 Å². The fourth-order valence-corrected chi connectivity index (χ4v) is 6.46. The van der Waals surface area contributed by atoms with E-state index in [1.165, 1.54) is 26.0 Å². The first-order chi connectivity index (χ1) is 11.4. The van der Waals surface area contributed by atoms with Crippen LogP contribution in [-0.4, -0.2) is 48.6 Å². The third-order valence-electron chi connectivity index (χ3n) is 5.39. The number of allylic oxidation sites excluding steroid dienone is 2. The molecule has 1 unspecified atom stereocenters. The summed E-state index contributed by atoms with van der Waals surface area (Å²) < 4.78 is 22.3. The van der Waals surface area contributed by atoms with E-state index in [2.05, 4.69) is 27.1 Å². The van der Waals surface area contributed by atoms with E-state index < -0.39 is 7.44 Å². The number of methoxy groups -OCH3 is 1. The van der Waals surface area contributed by atoms with Gasteiger partial charge in [0.25, 0.3) is 0 Å². The minimum absolute atomic E-state index is 0.320. The number of hydrogen-bond acceptors (Lipinski definition) is 3. The van der Waals surface area contributed by atoms with Gasteiger partial charge < -0.3 is 4.74 Å². The van der Waals surface area contributed by atoms with Crippen molar-refractivity contribution in [2.45, 2.75) is 57.5 Å². The monoisotopic (exact) mass is 354 g/mol. The van der Waals surface area contributed by atoms with Gasteiger partial charge >= 0.3 is 5.97 Å². The highest BCUT2D eigenvalue weighted by Crippen LogP contribution is 2.62. The zero-order valence-corrected chi connectivity index (χ0v) is 16.2. The maximum atomic E-state index is 13.5. The predicted octanol–water partition coefficient (Wildman–Crippen LogP) is 4.03. The van der Waals surface area contributed by atoms with Gasteiger partial charge in [-0.15, -0.1) is 0 Å². The Morgan fingerprint density at radius 1 is 1.17 bits per heavy atom. The Balaban J connectivity index is 1.91. The summed E-state index contributed by atoms with van der Waals surface area (Å²) in [6, 6.07) is 0.860. The Hall–Kier alpha value is -0.900. The second-order valence-electron chi connectivity index (χ2n) is 7.04. The van der Waals surface area contributed by atoms with E-state index in [1.807, 2.05) is 26.0 Å². The number of esters is 1. The lowest BCUT2D eigenvalue weighted by molar-refractivity contribution is -0.134. The van der Waals surface area contributed by atoms with Gasteiger partial charge in [0.15, 0.2) is 0 Å². The van der Waals surface area contributed by atoms with Crippen molar-refractivity contribution in [1.29, 1.82) is 0 Å². The number of likely N-dealkylation sites (N-methyl/N-ethyl adjacent to an activating group) is 2. The third kappa shape index (κ3) is 4.19. The summed E-state index contributed by atoms with van der Waals surface area (Å²) >= 11 is 0. The van der Waals surface area contributed by atoms with Crippen LogP contribution >= 0.6 is 7.44 Å². The van der Waals surface area contributed by atoms with Crippen LogP contribution in [0.4, 0.5) is 0 Å². The van der Waals surface area contributed by atoms with Crippen molar-refractivity contribution in [2.24, 2.45) is 5.92 Å². The molecule has 1 saturated heterocycles. The molecule has 2 rings (SSSR count). The molecule has 6 heteroatoms. The quantitative estimate of drug-likeness (QED) is 0.409. The molecule has 0 spiro atoms. The number of carbonyl (C=O) groups excluding carboxylic acids is 1. The summed E-state index contributed by atoms with van der Waals surface area (Å²) in [5.74, 6) is 2.01. The zero-order chi connectivity index (χ0) is 17.7. The van der Waals surface area contributed by atoms with Gasteiger partial charge in [-0.25, -0.2) is 14.1 Å². The summed E-state index contributed by atoms with van der Waals surface area (Å²) in [4.78, 5) is 11.0. The van der Waals surface area contributed by atoms with E-state index in [0.717, 1.165) is 25.7 Å². The molecule has 1 heterocycles. The number of fused-ring (bicyclic) bond motifs is 1. The minimum Gasteiger partial charge on any atom is -0.466 e. The number of rotatable bonds is 6. The highest BCUT2D eigenvalue weighted by molar-refractivity contribution is 7.62. The smallest absolute Gasteiger partial charge is 0.330 e. The first-order valence-corrected chi connectivity index (χ1v) is 10.6. The van der Waals surface area contributed by atoms with E-state index in [1.54, 1.807) is 0 Å². The van der Waals surface area contributed by atoms with Crippen molar-refractivity contribution >= 4 is 13.4 Å². The van der Waals surface area contributed by atoms with Gasteiger partial charge in [0.1, 0.15) is 0 Å². The molecule has 0 aromatic heterocycles. The van der Waals surface area contributed by atoms with Crippen LogP contribution in [0.1, 0.15) is 45.4 Å². The van der Waals surface area contributed by atoms with Crippen LogP contribution in [0.5, 0.6) is 0 Å². The molecule has 0 amide bonds. The molecule has 0 aromatic carbocycles. The summed E-state index contributed by atoms with van der Waals surface area (Å²) in [6.07, 6.45) is 11.8. The van der Waals surface area contributed by atoms with Gasteiger partial charge in [-0.05, 0) is 45.7 Å². The molecule has 0 aromatic rings. The van der Waals surface area contributed by atoms with E-state index in [9.17, 15) is 9.36 Å². The maximum Gasteiger partial charge on any atom is 0.330 e. The molecule has 1 aliphatic carbocycles. The number of nitrogens with zero attached hydrogens (tertiary/aromatic N) is 2. The maximum absolute atomic E-state index is 13.5. The summed E-state index contributed by atoms with van der Waals surface area (Å²) in [5.41, 5.74) is 0. The van der Waals surface area contributed by atoms with Crippen LogP contribution in [-0.2, 0) is 14.1 Å². The fraction of sp³-hybridized carbons (Fsp3) is 0.722. The van der Waals surface area contributed by atoms with Gasteiger partial charge in [-0.2, -0.15) is 0 Å². The van der Waals surface area contributed by atoms with Gasteiger partial charge in [0.05, 0.1) is 7.11 Å². The summed E-state index contributed by atoms with van der Waals surface area (Å²) in [7, 11) is 2.84. The lowest BCUT2D eigenvalue weighted by atomic mass is 9.91. The van der Waals surface area contributed by atoms with Crippen molar-refractivity contribution in [3.8, 4) is 0 Å². The Bertz CT molecular complexity index is 524. The second kappa shape index (κ2) is 8.46. The molecule has 1 aliphatic heterocycles. The summed E-state index contributed by atoms with van der Waals surface area (Å²) in [5, 5.41) is 0. The number of hydrogen-bond donors (Lipinski definition) is 0. The Morgan fingerprint density at radius 2 is 1.71 bits per heavy atom. The number of carbonyl (C=O) groups is 1. The first kappa shape index (κ1) is 19.4. The molecule has 0 N–H and O–H groups in total. The topological polar surface area (TPSA) is 49.9 Å². The zero-order valence-electron chi connectivity index (χ0n) is 15.4. The molecule has 3 atom stereocenters. The fourth-order valence-electron chi connectivity index (χ4n) is 3.81. The Kier molecular flexibility index (Phi) is 6.85. The SMILES string of the molecule is COC(=O)/C=C/CC(C)C/C=C/P1(=O)N(C)[C@@H]2CCCC[C@H]2N1C. The van der Waals surface area contributed by atoms with Crippen LogP contribution in [0, 0.1) is 5.92 Å². The minimum atomic E-state index is -2.57. The molecule has 1 saturated carbocycles. The molecular weight excluding hydrogens is 323 g/mol. The second-order valence-corrected chi connectivity index (χ2v) is 9.78. The van der Waals surface area contributed by atoms with Gasteiger partial charge in [-0.3, -0.25) is 4.57 Å². The standard InChI is InChI=1S/C18H31N2O3P/c1-15(9-7-13-18(21)23-4)10-8-14-24(22)19(2)16-11-5-6-12-17(16)20(24)3/h7-8,13-17H,5-6,9-12H2,1-4H3/b13-7+,14-8+/t15?,16-,17-/m1/s1. The van der Waals surface area contributed by atoms with Crippen molar-refractivity contribution < 1.29 is 14.1 Å². The van der Waals surface area contributed by atoms with Crippen LogP contribution in [0.3, 0.4) is 0 Å². The lowest BCUT2D eigenvalue weighted by Gasteiger charge is -2.28. The Morgan fingerprint density at radius 3 is 2.25 bits per heavy atom. The predicted molar refractivity (Wildman–Crippen MR) is 97.9 cm³/mol. The van der Waals surface area contributed by atoms with Crippen LogP contribution in [0.2, 0.25) is 0 Å². The first-order valence-electron chi connectivity index (χ1n) is 8.88. The van der Waals surface area contributed by atoms with Crippen molar-refractivity contribution in [1.82, 2.24) is 9.34 Å².